The maximum absolute atomic E-state index is 4.64. The van der Waals surface area contributed by atoms with Crippen LogP contribution in [0.15, 0.2) is 5.38 Å². The van der Waals surface area contributed by atoms with E-state index in [-0.39, 0.29) is 0 Å². The van der Waals surface area contributed by atoms with E-state index >= 15 is 0 Å². The van der Waals surface area contributed by atoms with E-state index in [2.05, 4.69) is 53.4 Å². The number of hydrogen-bond acceptors (Lipinski definition) is 5. The predicted molar refractivity (Wildman–Crippen MR) is 86.6 cm³/mol. The summed E-state index contributed by atoms with van der Waals surface area (Å²) in [7, 11) is 4.48. The SMILES string of the molecule is CCCNC(Cc1csc(C)n1)C1CN(C)CCN1C. The van der Waals surface area contributed by atoms with Gasteiger partial charge in [0.25, 0.3) is 0 Å². The highest BCUT2D eigenvalue weighted by Crippen LogP contribution is 2.16. The van der Waals surface area contributed by atoms with Gasteiger partial charge in [-0.05, 0) is 34.0 Å². The second-order valence-corrected chi connectivity index (χ2v) is 7.00. The Hall–Kier alpha value is -0.490. The molecular weight excluding hydrogens is 268 g/mol. The molecule has 2 rings (SSSR count). The van der Waals surface area contributed by atoms with Gasteiger partial charge < -0.3 is 10.2 Å². The van der Waals surface area contributed by atoms with Crippen molar-refractivity contribution in [1.29, 1.82) is 0 Å². The summed E-state index contributed by atoms with van der Waals surface area (Å²) in [6.45, 7) is 8.87. The fraction of sp³-hybridized carbons (Fsp3) is 0.800. The molecule has 0 saturated carbocycles. The molecule has 2 unspecified atom stereocenters. The zero-order valence-corrected chi connectivity index (χ0v) is 14.0. The van der Waals surface area contributed by atoms with E-state index in [1.165, 1.54) is 23.7 Å². The lowest BCUT2D eigenvalue weighted by Gasteiger charge is -2.42. The molecule has 1 aromatic heterocycles. The van der Waals surface area contributed by atoms with Crippen LogP contribution in [0, 0.1) is 6.92 Å². The number of nitrogens with zero attached hydrogens (tertiary/aromatic N) is 3. The summed E-state index contributed by atoms with van der Waals surface area (Å²) in [5.74, 6) is 0. The van der Waals surface area contributed by atoms with Crippen molar-refractivity contribution in [2.75, 3.05) is 40.3 Å². The van der Waals surface area contributed by atoms with Gasteiger partial charge in [-0.2, -0.15) is 0 Å². The van der Waals surface area contributed by atoms with Gasteiger partial charge in [0, 0.05) is 43.5 Å². The average Bonchev–Trinajstić information content (AvgIpc) is 2.83. The van der Waals surface area contributed by atoms with E-state index in [1.807, 2.05) is 0 Å². The number of hydrogen-bond donors (Lipinski definition) is 1. The summed E-state index contributed by atoms with van der Waals surface area (Å²) in [6, 6.07) is 1.06. The van der Waals surface area contributed by atoms with Gasteiger partial charge in [-0.15, -0.1) is 11.3 Å². The Balaban J connectivity index is 2.05. The summed E-state index contributed by atoms with van der Waals surface area (Å²) < 4.78 is 0. The molecule has 114 valence electrons. The molecule has 0 aromatic carbocycles. The van der Waals surface area contributed by atoms with Gasteiger partial charge in [-0.3, -0.25) is 4.90 Å². The molecule has 0 bridgehead atoms. The smallest absolute Gasteiger partial charge is 0.0897 e. The van der Waals surface area contributed by atoms with E-state index in [0.29, 0.717) is 12.1 Å². The second-order valence-electron chi connectivity index (χ2n) is 5.93. The molecule has 1 aliphatic heterocycles. The molecule has 5 heteroatoms. The normalized spacial score (nSPS) is 23.1. The Morgan fingerprint density at radius 1 is 1.45 bits per heavy atom. The first-order valence-corrected chi connectivity index (χ1v) is 8.51. The van der Waals surface area contributed by atoms with Crippen LogP contribution in [0.25, 0.3) is 0 Å². The van der Waals surface area contributed by atoms with Crippen molar-refractivity contribution < 1.29 is 0 Å². The molecule has 2 heterocycles. The van der Waals surface area contributed by atoms with Crippen LogP contribution in [0.4, 0.5) is 0 Å². The highest BCUT2D eigenvalue weighted by Gasteiger charge is 2.29. The fourth-order valence-electron chi connectivity index (χ4n) is 2.88. The molecule has 1 saturated heterocycles. The van der Waals surface area contributed by atoms with Crippen LogP contribution < -0.4 is 5.32 Å². The first-order chi connectivity index (χ1) is 9.60. The highest BCUT2D eigenvalue weighted by molar-refractivity contribution is 7.09. The Bertz CT molecular complexity index is 406. The molecule has 1 aliphatic rings. The summed E-state index contributed by atoms with van der Waals surface area (Å²) in [6.07, 6.45) is 2.21. The van der Waals surface area contributed by atoms with Crippen molar-refractivity contribution in [1.82, 2.24) is 20.1 Å². The van der Waals surface area contributed by atoms with E-state index in [1.54, 1.807) is 11.3 Å². The molecule has 0 amide bonds. The zero-order chi connectivity index (χ0) is 14.5. The molecule has 4 nitrogen and oxygen atoms in total. The van der Waals surface area contributed by atoms with Crippen LogP contribution in [-0.4, -0.2) is 67.1 Å². The molecule has 1 N–H and O–H groups in total. The lowest BCUT2D eigenvalue weighted by atomic mass is 9.99. The Kier molecular flexibility index (Phi) is 5.96. The number of aromatic nitrogens is 1. The summed E-state index contributed by atoms with van der Waals surface area (Å²) in [5, 5.41) is 7.12. The molecule has 1 aromatic rings. The van der Waals surface area contributed by atoms with Crippen LogP contribution in [-0.2, 0) is 6.42 Å². The number of thiazole rings is 1. The first-order valence-electron chi connectivity index (χ1n) is 7.63. The molecule has 0 spiro atoms. The topological polar surface area (TPSA) is 31.4 Å². The number of nitrogens with one attached hydrogen (secondary N) is 1. The monoisotopic (exact) mass is 296 g/mol. The first kappa shape index (κ1) is 15.9. The fourth-order valence-corrected chi connectivity index (χ4v) is 3.51. The van der Waals surface area contributed by atoms with E-state index in [4.69, 9.17) is 0 Å². The third kappa shape index (κ3) is 4.25. The van der Waals surface area contributed by atoms with Crippen molar-refractivity contribution in [3.05, 3.63) is 16.1 Å². The second kappa shape index (κ2) is 7.50. The molecule has 0 radical (unpaired) electrons. The van der Waals surface area contributed by atoms with Crippen molar-refractivity contribution in [3.63, 3.8) is 0 Å². The third-order valence-electron chi connectivity index (χ3n) is 4.12. The minimum absolute atomic E-state index is 0.490. The number of likely N-dealkylation sites (N-methyl/N-ethyl adjacent to an activating group) is 2. The van der Waals surface area contributed by atoms with Gasteiger partial charge in [0.05, 0.1) is 10.7 Å². The van der Waals surface area contributed by atoms with E-state index in [9.17, 15) is 0 Å². The molecular formula is C15H28N4S. The van der Waals surface area contributed by atoms with Gasteiger partial charge in [0.2, 0.25) is 0 Å². The maximum atomic E-state index is 4.64. The van der Waals surface area contributed by atoms with Crippen LogP contribution >= 0.6 is 11.3 Å². The minimum atomic E-state index is 0.490. The van der Waals surface area contributed by atoms with Gasteiger partial charge in [0.1, 0.15) is 0 Å². The Labute approximate surface area is 127 Å². The average molecular weight is 296 g/mol. The van der Waals surface area contributed by atoms with Crippen LogP contribution in [0.5, 0.6) is 0 Å². The van der Waals surface area contributed by atoms with Gasteiger partial charge >= 0.3 is 0 Å². The zero-order valence-electron chi connectivity index (χ0n) is 13.2. The minimum Gasteiger partial charge on any atom is -0.312 e. The molecule has 0 aliphatic carbocycles. The van der Waals surface area contributed by atoms with Gasteiger partial charge in [-0.1, -0.05) is 6.92 Å². The number of aryl methyl sites for hydroxylation is 1. The number of rotatable bonds is 6. The van der Waals surface area contributed by atoms with E-state index in [0.717, 1.165) is 26.1 Å². The molecule has 1 fully saturated rings. The molecule has 2 atom stereocenters. The van der Waals surface area contributed by atoms with Crippen LogP contribution in [0.3, 0.4) is 0 Å². The van der Waals surface area contributed by atoms with Crippen molar-refractivity contribution in [2.45, 2.75) is 38.8 Å². The lowest BCUT2D eigenvalue weighted by Crippen LogP contribution is -2.59. The van der Waals surface area contributed by atoms with Crippen molar-refractivity contribution in [2.24, 2.45) is 0 Å². The summed E-state index contributed by atoms with van der Waals surface area (Å²) in [5.41, 5.74) is 1.24. The third-order valence-corrected chi connectivity index (χ3v) is 4.94. The van der Waals surface area contributed by atoms with Crippen molar-refractivity contribution >= 4 is 11.3 Å². The highest BCUT2D eigenvalue weighted by atomic mass is 32.1. The largest absolute Gasteiger partial charge is 0.312 e. The quantitative estimate of drug-likeness (QED) is 0.864. The van der Waals surface area contributed by atoms with Crippen molar-refractivity contribution in [3.8, 4) is 0 Å². The maximum Gasteiger partial charge on any atom is 0.0897 e. The summed E-state index contributed by atoms with van der Waals surface area (Å²) >= 11 is 1.76. The van der Waals surface area contributed by atoms with Crippen LogP contribution in [0.2, 0.25) is 0 Å². The van der Waals surface area contributed by atoms with Gasteiger partial charge in [-0.25, -0.2) is 4.98 Å². The van der Waals surface area contributed by atoms with Gasteiger partial charge in [0.15, 0.2) is 0 Å². The van der Waals surface area contributed by atoms with E-state index < -0.39 is 0 Å². The summed E-state index contributed by atoms with van der Waals surface area (Å²) in [4.78, 5) is 9.59. The lowest BCUT2D eigenvalue weighted by molar-refractivity contribution is 0.0874. The number of piperazine rings is 1. The predicted octanol–water partition coefficient (Wildman–Crippen LogP) is 1.61. The standard InChI is InChI=1S/C15H28N4S/c1-5-6-16-14(9-13-11-20-12(2)17-13)15-10-18(3)7-8-19(15)4/h11,14-16H,5-10H2,1-4H3. The molecule has 20 heavy (non-hydrogen) atoms. The Morgan fingerprint density at radius 2 is 2.25 bits per heavy atom. The Morgan fingerprint density at radius 3 is 2.90 bits per heavy atom. The van der Waals surface area contributed by atoms with Crippen LogP contribution in [0.1, 0.15) is 24.0 Å².